The van der Waals surface area contributed by atoms with Crippen LogP contribution >= 0.6 is 11.8 Å². The second-order valence-electron chi connectivity index (χ2n) is 2.93. The highest BCUT2D eigenvalue weighted by Crippen LogP contribution is 2.20. The molecule has 0 aromatic rings. The highest BCUT2D eigenvalue weighted by Gasteiger charge is 2.19. The monoisotopic (exact) mass is 187 g/mol. The maximum atomic E-state index is 5.73. The fraction of sp³-hybridized carbons (Fsp3) is 0.875. The molecule has 1 rings (SSSR count). The quantitative estimate of drug-likeness (QED) is 0.487. The molecule has 2 N–H and O–H groups in total. The molecule has 4 heteroatoms. The van der Waals surface area contributed by atoms with Gasteiger partial charge in [-0.1, -0.05) is 6.92 Å². The SMILES string of the molecule is CCC1CN(C(N)=NC)CCS1. The van der Waals surface area contributed by atoms with E-state index in [0.717, 1.165) is 18.3 Å². The van der Waals surface area contributed by atoms with Gasteiger partial charge in [-0.15, -0.1) is 0 Å². The Morgan fingerprint density at radius 3 is 3.08 bits per heavy atom. The van der Waals surface area contributed by atoms with Crippen molar-refractivity contribution in [2.45, 2.75) is 18.6 Å². The van der Waals surface area contributed by atoms with Crippen LogP contribution in [-0.4, -0.2) is 42.0 Å². The molecule has 0 amide bonds. The summed E-state index contributed by atoms with van der Waals surface area (Å²) in [6.45, 7) is 4.33. The maximum absolute atomic E-state index is 5.73. The van der Waals surface area contributed by atoms with E-state index < -0.39 is 0 Å². The largest absolute Gasteiger partial charge is 0.370 e. The van der Waals surface area contributed by atoms with E-state index in [-0.39, 0.29) is 0 Å². The van der Waals surface area contributed by atoms with Crippen molar-refractivity contribution in [3.63, 3.8) is 0 Å². The summed E-state index contributed by atoms with van der Waals surface area (Å²) >= 11 is 2.04. The molecule has 0 spiro atoms. The zero-order chi connectivity index (χ0) is 8.97. The highest BCUT2D eigenvalue weighted by molar-refractivity contribution is 8.00. The van der Waals surface area contributed by atoms with Crippen molar-refractivity contribution in [3.8, 4) is 0 Å². The first-order chi connectivity index (χ1) is 5.77. The van der Waals surface area contributed by atoms with Crippen molar-refractivity contribution < 1.29 is 0 Å². The van der Waals surface area contributed by atoms with Crippen molar-refractivity contribution in [1.82, 2.24) is 4.90 Å². The molecule has 0 saturated carbocycles. The van der Waals surface area contributed by atoms with E-state index >= 15 is 0 Å². The van der Waals surface area contributed by atoms with E-state index in [1.54, 1.807) is 7.05 Å². The summed E-state index contributed by atoms with van der Waals surface area (Å²) in [7, 11) is 1.75. The number of nitrogens with zero attached hydrogens (tertiary/aromatic N) is 2. The minimum Gasteiger partial charge on any atom is -0.370 e. The molecule has 0 aliphatic carbocycles. The van der Waals surface area contributed by atoms with Crippen molar-refractivity contribution in [2.24, 2.45) is 10.7 Å². The molecule has 1 heterocycles. The summed E-state index contributed by atoms with van der Waals surface area (Å²) in [4.78, 5) is 6.16. The number of aliphatic imine (C=N–C) groups is 1. The average molecular weight is 187 g/mol. The average Bonchev–Trinajstić information content (AvgIpc) is 2.17. The van der Waals surface area contributed by atoms with Crippen LogP contribution in [0.25, 0.3) is 0 Å². The van der Waals surface area contributed by atoms with Gasteiger partial charge in [0.05, 0.1) is 0 Å². The molecule has 0 radical (unpaired) electrons. The second kappa shape index (κ2) is 4.60. The Bertz CT molecular complexity index is 170. The van der Waals surface area contributed by atoms with Gasteiger partial charge in [-0.05, 0) is 6.42 Å². The normalized spacial score (nSPS) is 26.0. The van der Waals surface area contributed by atoms with Gasteiger partial charge in [0.15, 0.2) is 5.96 Å². The van der Waals surface area contributed by atoms with E-state index in [2.05, 4.69) is 16.8 Å². The fourth-order valence-corrected chi connectivity index (χ4v) is 2.50. The van der Waals surface area contributed by atoms with Gasteiger partial charge in [0, 0.05) is 31.1 Å². The van der Waals surface area contributed by atoms with Crippen molar-refractivity contribution >= 4 is 17.7 Å². The van der Waals surface area contributed by atoms with E-state index in [4.69, 9.17) is 5.73 Å². The molecule has 12 heavy (non-hydrogen) atoms. The number of nitrogens with two attached hydrogens (primary N) is 1. The molecule has 70 valence electrons. The summed E-state index contributed by atoms with van der Waals surface area (Å²) in [5, 5.41) is 0.735. The van der Waals surface area contributed by atoms with Crippen molar-refractivity contribution in [2.75, 3.05) is 25.9 Å². The van der Waals surface area contributed by atoms with Gasteiger partial charge in [0.2, 0.25) is 0 Å². The first-order valence-electron chi connectivity index (χ1n) is 4.36. The lowest BCUT2D eigenvalue weighted by molar-refractivity contribution is 0.419. The maximum Gasteiger partial charge on any atom is 0.191 e. The molecular weight excluding hydrogens is 170 g/mol. The molecule has 0 aromatic carbocycles. The Hall–Kier alpha value is -0.380. The number of guanidine groups is 1. The zero-order valence-corrected chi connectivity index (χ0v) is 8.60. The Balaban J connectivity index is 2.45. The number of rotatable bonds is 1. The molecule has 1 saturated heterocycles. The molecule has 3 nitrogen and oxygen atoms in total. The van der Waals surface area contributed by atoms with Crippen LogP contribution in [0.3, 0.4) is 0 Å². The third kappa shape index (κ3) is 2.30. The van der Waals surface area contributed by atoms with Crippen LogP contribution in [0.5, 0.6) is 0 Å². The van der Waals surface area contributed by atoms with E-state index in [1.165, 1.54) is 12.2 Å². The lowest BCUT2D eigenvalue weighted by Gasteiger charge is -2.32. The summed E-state index contributed by atoms with van der Waals surface area (Å²) in [6, 6.07) is 0. The van der Waals surface area contributed by atoms with E-state index in [9.17, 15) is 0 Å². The van der Waals surface area contributed by atoms with Crippen LogP contribution in [0.1, 0.15) is 13.3 Å². The predicted octanol–water partition coefficient (Wildman–Crippen LogP) is 0.758. The molecule has 1 aliphatic rings. The Morgan fingerprint density at radius 1 is 1.75 bits per heavy atom. The smallest absolute Gasteiger partial charge is 0.191 e. The first-order valence-corrected chi connectivity index (χ1v) is 5.41. The molecule has 1 unspecified atom stereocenters. The number of hydrogen-bond donors (Lipinski definition) is 1. The van der Waals surface area contributed by atoms with Gasteiger partial charge >= 0.3 is 0 Å². The van der Waals surface area contributed by atoms with Crippen LogP contribution in [0.4, 0.5) is 0 Å². The highest BCUT2D eigenvalue weighted by atomic mass is 32.2. The molecule has 0 bridgehead atoms. The van der Waals surface area contributed by atoms with Gasteiger partial charge in [-0.25, -0.2) is 0 Å². The molecular formula is C8H17N3S. The summed E-state index contributed by atoms with van der Waals surface area (Å²) in [6.07, 6.45) is 1.22. The fourth-order valence-electron chi connectivity index (χ4n) is 1.32. The second-order valence-corrected chi connectivity index (χ2v) is 4.34. The summed E-state index contributed by atoms with van der Waals surface area (Å²) in [5.74, 6) is 1.86. The number of hydrogen-bond acceptors (Lipinski definition) is 2. The molecule has 1 aliphatic heterocycles. The van der Waals surface area contributed by atoms with Gasteiger partial charge in [-0.3, -0.25) is 4.99 Å². The van der Waals surface area contributed by atoms with Gasteiger partial charge in [0.1, 0.15) is 0 Å². The van der Waals surface area contributed by atoms with Crippen LogP contribution in [0.2, 0.25) is 0 Å². The zero-order valence-electron chi connectivity index (χ0n) is 7.79. The van der Waals surface area contributed by atoms with Crippen molar-refractivity contribution in [1.29, 1.82) is 0 Å². The Labute approximate surface area is 78.4 Å². The van der Waals surface area contributed by atoms with Gasteiger partial charge < -0.3 is 10.6 Å². The lowest BCUT2D eigenvalue weighted by Crippen LogP contribution is -2.45. The van der Waals surface area contributed by atoms with Crippen LogP contribution in [0.15, 0.2) is 4.99 Å². The standard InChI is InChI=1S/C8H17N3S/c1-3-7-6-11(4-5-12-7)8(9)10-2/h7H,3-6H2,1-2H3,(H2,9,10). The van der Waals surface area contributed by atoms with E-state index in [1.807, 2.05) is 11.8 Å². The minimum absolute atomic E-state index is 0.689. The van der Waals surface area contributed by atoms with Crippen LogP contribution < -0.4 is 5.73 Å². The van der Waals surface area contributed by atoms with Crippen LogP contribution in [0, 0.1) is 0 Å². The van der Waals surface area contributed by atoms with Gasteiger partial charge in [-0.2, -0.15) is 11.8 Å². The summed E-state index contributed by atoms with van der Waals surface area (Å²) < 4.78 is 0. The Morgan fingerprint density at radius 2 is 2.50 bits per heavy atom. The minimum atomic E-state index is 0.689. The molecule has 1 fully saturated rings. The van der Waals surface area contributed by atoms with Crippen molar-refractivity contribution in [3.05, 3.63) is 0 Å². The Kier molecular flexibility index (Phi) is 3.72. The number of thioether (sulfide) groups is 1. The lowest BCUT2D eigenvalue weighted by atomic mass is 10.3. The third-order valence-electron chi connectivity index (χ3n) is 2.15. The predicted molar refractivity (Wildman–Crippen MR) is 55.7 cm³/mol. The van der Waals surface area contributed by atoms with Gasteiger partial charge in [0.25, 0.3) is 0 Å². The summed E-state index contributed by atoms with van der Waals surface area (Å²) in [5.41, 5.74) is 5.73. The first kappa shape index (κ1) is 9.71. The molecule has 0 aromatic heterocycles. The third-order valence-corrected chi connectivity index (χ3v) is 3.52. The van der Waals surface area contributed by atoms with E-state index in [0.29, 0.717) is 5.96 Å². The topological polar surface area (TPSA) is 41.6 Å². The molecule has 1 atom stereocenters. The van der Waals surface area contributed by atoms with Crippen LogP contribution in [-0.2, 0) is 0 Å².